The molecule has 0 fully saturated rings. The molecule has 0 atom stereocenters. The number of aromatic nitrogens is 1. The second-order valence-electron chi connectivity index (χ2n) is 5.86. The Bertz CT molecular complexity index is 889. The first-order chi connectivity index (χ1) is 13.2. The number of esters is 1. The topological polar surface area (TPSA) is 70.8 Å². The van der Waals surface area contributed by atoms with Crippen molar-refractivity contribution < 1.29 is 23.4 Å². The summed E-state index contributed by atoms with van der Waals surface area (Å²) in [5.41, 5.74) is 2.43. The lowest BCUT2D eigenvalue weighted by Crippen LogP contribution is -2.06. The summed E-state index contributed by atoms with van der Waals surface area (Å²) in [6.07, 6.45) is 2.32. The summed E-state index contributed by atoms with van der Waals surface area (Å²) in [4.78, 5) is 16.3. The molecule has 3 aromatic rings. The average Bonchev–Trinajstić information content (AvgIpc) is 3.20. The fourth-order valence-corrected chi connectivity index (χ4v) is 2.60. The molecule has 1 aromatic heterocycles. The molecule has 0 saturated heterocycles. The summed E-state index contributed by atoms with van der Waals surface area (Å²) in [6, 6.07) is 15.1. The number of benzene rings is 2. The number of rotatable bonds is 8. The number of hydrogen-bond donors (Lipinski definition) is 0. The van der Waals surface area contributed by atoms with E-state index in [-0.39, 0.29) is 19.0 Å². The maximum Gasteiger partial charge on any atom is 0.306 e. The third kappa shape index (κ3) is 4.88. The zero-order chi connectivity index (χ0) is 19.1. The van der Waals surface area contributed by atoms with Gasteiger partial charge >= 0.3 is 5.97 Å². The van der Waals surface area contributed by atoms with E-state index in [0.717, 1.165) is 11.1 Å². The molecule has 0 N–H and O–H groups in total. The summed E-state index contributed by atoms with van der Waals surface area (Å²) < 4.78 is 21.2. The molecular weight excluding hydrogens is 346 g/mol. The molecule has 0 bridgehead atoms. The van der Waals surface area contributed by atoms with Gasteiger partial charge in [-0.25, -0.2) is 4.98 Å². The minimum atomic E-state index is -0.297. The molecule has 0 amide bonds. The smallest absolute Gasteiger partial charge is 0.306 e. The van der Waals surface area contributed by atoms with E-state index in [4.69, 9.17) is 18.6 Å². The molecule has 6 nitrogen and oxygen atoms in total. The molecule has 0 aliphatic carbocycles. The van der Waals surface area contributed by atoms with Gasteiger partial charge in [0.05, 0.1) is 14.2 Å². The maximum atomic E-state index is 12.0. The normalized spacial score (nSPS) is 10.4. The summed E-state index contributed by atoms with van der Waals surface area (Å²) in [5, 5.41) is 0. The fraction of sp³-hybridized carbons (Fsp3) is 0.238. The van der Waals surface area contributed by atoms with Crippen LogP contribution >= 0.6 is 0 Å². The van der Waals surface area contributed by atoms with Gasteiger partial charge in [0, 0.05) is 12.0 Å². The van der Waals surface area contributed by atoms with Crippen LogP contribution in [0.5, 0.6) is 11.5 Å². The number of oxazole rings is 1. The van der Waals surface area contributed by atoms with Crippen molar-refractivity contribution in [2.45, 2.75) is 19.4 Å². The lowest BCUT2D eigenvalue weighted by molar-refractivity contribution is -0.145. The van der Waals surface area contributed by atoms with Gasteiger partial charge in [-0.1, -0.05) is 24.3 Å². The zero-order valence-corrected chi connectivity index (χ0v) is 15.3. The molecular formula is C21H21NO5. The van der Waals surface area contributed by atoms with E-state index in [1.807, 2.05) is 48.5 Å². The molecule has 0 aliphatic rings. The molecule has 0 aliphatic heterocycles. The van der Waals surface area contributed by atoms with Crippen molar-refractivity contribution in [1.29, 1.82) is 0 Å². The van der Waals surface area contributed by atoms with E-state index >= 15 is 0 Å². The summed E-state index contributed by atoms with van der Waals surface area (Å²) in [6.45, 7) is 0.0844. The molecule has 1 heterocycles. The highest BCUT2D eigenvalue weighted by Crippen LogP contribution is 2.28. The van der Waals surface area contributed by atoms with Gasteiger partial charge in [-0.15, -0.1) is 0 Å². The third-order valence-corrected chi connectivity index (χ3v) is 4.02. The number of aryl methyl sites for hydroxylation is 1. The maximum absolute atomic E-state index is 12.0. The van der Waals surface area contributed by atoms with Crippen molar-refractivity contribution in [2.24, 2.45) is 0 Å². The van der Waals surface area contributed by atoms with Crippen LogP contribution in [0.25, 0.3) is 11.5 Å². The summed E-state index contributed by atoms with van der Waals surface area (Å²) in [7, 11) is 3.17. The van der Waals surface area contributed by atoms with Crippen molar-refractivity contribution >= 4 is 5.97 Å². The zero-order valence-electron chi connectivity index (χ0n) is 15.3. The molecule has 0 unspecified atom stereocenters. The first kappa shape index (κ1) is 18.5. The quantitative estimate of drug-likeness (QED) is 0.560. The molecule has 27 heavy (non-hydrogen) atoms. The first-order valence-electron chi connectivity index (χ1n) is 8.56. The van der Waals surface area contributed by atoms with E-state index < -0.39 is 0 Å². The Labute approximate surface area is 157 Å². The molecule has 140 valence electrons. The highest BCUT2D eigenvalue weighted by Gasteiger charge is 2.10. The van der Waals surface area contributed by atoms with Crippen LogP contribution in [0.2, 0.25) is 0 Å². The van der Waals surface area contributed by atoms with Crippen LogP contribution in [0.4, 0.5) is 0 Å². The number of carbonyl (C=O) groups is 1. The summed E-state index contributed by atoms with van der Waals surface area (Å²) >= 11 is 0. The highest BCUT2D eigenvalue weighted by molar-refractivity contribution is 5.69. The number of nitrogens with zero attached hydrogens (tertiary/aromatic N) is 1. The monoisotopic (exact) mass is 367 g/mol. The van der Waals surface area contributed by atoms with Crippen molar-refractivity contribution in [3.63, 3.8) is 0 Å². The van der Waals surface area contributed by atoms with E-state index in [9.17, 15) is 4.79 Å². The second-order valence-corrected chi connectivity index (χ2v) is 5.86. The van der Waals surface area contributed by atoms with E-state index in [0.29, 0.717) is 29.5 Å². The van der Waals surface area contributed by atoms with Gasteiger partial charge in [0.25, 0.3) is 0 Å². The predicted molar refractivity (Wildman–Crippen MR) is 99.6 cm³/mol. The van der Waals surface area contributed by atoms with Crippen LogP contribution in [-0.4, -0.2) is 25.2 Å². The van der Waals surface area contributed by atoms with Crippen LogP contribution in [0.15, 0.2) is 59.2 Å². The van der Waals surface area contributed by atoms with Gasteiger partial charge in [0.1, 0.15) is 18.6 Å². The number of carbonyl (C=O) groups excluding carboxylic acids is 1. The molecule has 2 aromatic carbocycles. The Balaban J connectivity index is 1.50. The van der Waals surface area contributed by atoms with Crippen LogP contribution < -0.4 is 9.47 Å². The van der Waals surface area contributed by atoms with Crippen LogP contribution in [-0.2, 0) is 22.6 Å². The van der Waals surface area contributed by atoms with Crippen LogP contribution in [0, 0.1) is 0 Å². The van der Waals surface area contributed by atoms with Gasteiger partial charge in [0.15, 0.2) is 11.5 Å². The standard InChI is InChI=1S/C21H21NO5/c1-24-18-10-8-15(12-19(18)25-2)9-11-20(23)26-13-17-14-27-21(22-17)16-6-4-3-5-7-16/h3-8,10,12,14H,9,11,13H2,1-2H3. The van der Waals surface area contributed by atoms with Crippen LogP contribution in [0.1, 0.15) is 17.7 Å². The van der Waals surface area contributed by atoms with Gasteiger partial charge in [-0.3, -0.25) is 4.79 Å². The number of methoxy groups -OCH3 is 2. The van der Waals surface area contributed by atoms with E-state index in [2.05, 4.69) is 4.98 Å². The Morgan fingerprint density at radius 3 is 2.56 bits per heavy atom. The fourth-order valence-electron chi connectivity index (χ4n) is 2.60. The van der Waals surface area contributed by atoms with Crippen molar-refractivity contribution in [1.82, 2.24) is 4.98 Å². The minimum Gasteiger partial charge on any atom is -0.493 e. The Kier molecular flexibility index (Phi) is 6.10. The van der Waals surface area contributed by atoms with Gasteiger partial charge < -0.3 is 18.6 Å². The van der Waals surface area contributed by atoms with Crippen molar-refractivity contribution in [3.8, 4) is 23.0 Å². The van der Waals surface area contributed by atoms with Crippen LogP contribution in [0.3, 0.4) is 0 Å². The number of ether oxygens (including phenoxy) is 3. The van der Waals surface area contributed by atoms with Crippen molar-refractivity contribution in [3.05, 3.63) is 66.1 Å². The molecule has 6 heteroatoms. The van der Waals surface area contributed by atoms with Gasteiger partial charge in [-0.05, 0) is 36.2 Å². The Morgan fingerprint density at radius 2 is 1.81 bits per heavy atom. The molecule has 3 rings (SSSR count). The summed E-state index contributed by atoms with van der Waals surface area (Å²) in [5.74, 6) is 1.50. The van der Waals surface area contributed by atoms with Crippen molar-refractivity contribution in [2.75, 3.05) is 14.2 Å². The Hall–Kier alpha value is -3.28. The number of hydrogen-bond acceptors (Lipinski definition) is 6. The predicted octanol–water partition coefficient (Wildman–Crippen LogP) is 4.03. The highest BCUT2D eigenvalue weighted by atomic mass is 16.5. The second kappa shape index (κ2) is 8.89. The van der Waals surface area contributed by atoms with E-state index in [1.165, 1.54) is 6.26 Å². The third-order valence-electron chi connectivity index (χ3n) is 4.02. The SMILES string of the molecule is COc1ccc(CCC(=O)OCc2coc(-c3ccccc3)n2)cc1OC. The first-order valence-corrected chi connectivity index (χ1v) is 8.56. The van der Waals surface area contributed by atoms with Gasteiger partial charge in [-0.2, -0.15) is 0 Å². The largest absolute Gasteiger partial charge is 0.493 e. The van der Waals surface area contributed by atoms with Gasteiger partial charge in [0.2, 0.25) is 5.89 Å². The lowest BCUT2D eigenvalue weighted by Gasteiger charge is -2.09. The molecule has 0 spiro atoms. The minimum absolute atomic E-state index is 0.0844. The Morgan fingerprint density at radius 1 is 1.04 bits per heavy atom. The van der Waals surface area contributed by atoms with E-state index in [1.54, 1.807) is 14.2 Å². The molecule has 0 radical (unpaired) electrons. The molecule has 0 saturated carbocycles. The lowest BCUT2D eigenvalue weighted by atomic mass is 10.1. The average molecular weight is 367 g/mol.